The number of nitrogens with two attached hydrogens (primary N) is 1. The van der Waals surface area contributed by atoms with Crippen molar-refractivity contribution in [1.29, 1.82) is 0 Å². The van der Waals surface area contributed by atoms with Crippen LogP contribution in [0.4, 0.5) is 0 Å². The van der Waals surface area contributed by atoms with Crippen LogP contribution in [0, 0.1) is 0 Å². The summed E-state index contributed by atoms with van der Waals surface area (Å²) in [6.07, 6.45) is 0.631. The fourth-order valence-electron chi connectivity index (χ4n) is 1.73. The van der Waals surface area contributed by atoms with Crippen LogP contribution in [0.1, 0.15) is 34.0 Å². The number of aromatic nitrogens is 1. The van der Waals surface area contributed by atoms with Gasteiger partial charge in [-0.15, -0.1) is 11.3 Å². The maximum absolute atomic E-state index is 11.9. The lowest BCUT2D eigenvalue weighted by Gasteiger charge is -2.06. The second kappa shape index (κ2) is 7.22. The van der Waals surface area contributed by atoms with Gasteiger partial charge in [0.15, 0.2) is 0 Å². The minimum Gasteiger partial charge on any atom is -0.350 e. The van der Waals surface area contributed by atoms with Gasteiger partial charge >= 0.3 is 0 Å². The van der Waals surface area contributed by atoms with E-state index in [1.807, 2.05) is 13.0 Å². The molecule has 1 unspecified atom stereocenters. The molecule has 1 aromatic heterocycles. The molecule has 0 saturated carbocycles. The first-order chi connectivity index (χ1) is 9.97. The summed E-state index contributed by atoms with van der Waals surface area (Å²) in [6, 6.07) is 5.16. The summed E-state index contributed by atoms with van der Waals surface area (Å²) < 4.78 is 0. The zero-order chi connectivity index (χ0) is 15.4. The van der Waals surface area contributed by atoms with Crippen LogP contribution < -0.4 is 11.1 Å². The van der Waals surface area contributed by atoms with E-state index in [9.17, 15) is 4.79 Å². The molecular formula is C14H15Cl2N3OS. The smallest absolute Gasteiger partial charge is 0.270 e. The molecule has 1 amide bonds. The molecule has 0 bridgehead atoms. The van der Waals surface area contributed by atoms with Crippen molar-refractivity contribution < 1.29 is 4.79 Å². The van der Waals surface area contributed by atoms with Crippen LogP contribution in [0.25, 0.3) is 0 Å². The zero-order valence-corrected chi connectivity index (χ0v) is 13.7. The number of nitrogens with one attached hydrogen (secondary N) is 1. The second-order valence-electron chi connectivity index (χ2n) is 4.60. The number of benzene rings is 1. The summed E-state index contributed by atoms with van der Waals surface area (Å²) in [5.41, 5.74) is 7.06. The topological polar surface area (TPSA) is 68.0 Å². The number of carbonyl (C=O) groups is 1. The summed E-state index contributed by atoms with van der Waals surface area (Å²) in [4.78, 5) is 16.2. The van der Waals surface area contributed by atoms with Crippen molar-refractivity contribution in [1.82, 2.24) is 10.3 Å². The van der Waals surface area contributed by atoms with Crippen molar-refractivity contribution in [3.05, 3.63) is 49.9 Å². The summed E-state index contributed by atoms with van der Waals surface area (Å²) >= 11 is 13.3. The monoisotopic (exact) mass is 343 g/mol. The van der Waals surface area contributed by atoms with E-state index in [4.69, 9.17) is 28.9 Å². The van der Waals surface area contributed by atoms with E-state index < -0.39 is 0 Å². The van der Waals surface area contributed by atoms with Crippen molar-refractivity contribution in [2.24, 2.45) is 5.73 Å². The Balaban J connectivity index is 1.89. The average molecular weight is 344 g/mol. The Labute approximate surface area is 137 Å². The van der Waals surface area contributed by atoms with Crippen molar-refractivity contribution >= 4 is 40.4 Å². The van der Waals surface area contributed by atoms with Crippen LogP contribution in [-0.2, 0) is 6.42 Å². The standard InChI is InChI=1S/C14H15Cl2N3OS/c1-8(17)14-19-12(7-21-14)13(20)18-5-4-9-2-3-10(15)6-11(9)16/h2-3,6-8H,4-5,17H2,1H3,(H,18,20). The van der Waals surface area contributed by atoms with E-state index in [0.29, 0.717) is 28.7 Å². The minimum atomic E-state index is -0.205. The Morgan fingerprint density at radius 2 is 2.24 bits per heavy atom. The number of halogens is 2. The Bertz CT molecular complexity index is 643. The number of thiazole rings is 1. The Hall–Kier alpha value is -1.14. The summed E-state index contributed by atoms with van der Waals surface area (Å²) in [5, 5.41) is 6.47. The molecule has 21 heavy (non-hydrogen) atoms. The molecule has 2 rings (SSSR count). The van der Waals surface area contributed by atoms with Gasteiger partial charge in [-0.25, -0.2) is 4.98 Å². The number of hydrogen-bond acceptors (Lipinski definition) is 4. The lowest BCUT2D eigenvalue weighted by Crippen LogP contribution is -2.26. The van der Waals surface area contributed by atoms with E-state index in [1.54, 1.807) is 17.5 Å². The van der Waals surface area contributed by atoms with Crippen molar-refractivity contribution in [3.8, 4) is 0 Å². The highest BCUT2D eigenvalue weighted by Crippen LogP contribution is 2.21. The Morgan fingerprint density at radius 3 is 2.86 bits per heavy atom. The molecule has 0 saturated heterocycles. The van der Waals surface area contributed by atoms with E-state index in [2.05, 4.69) is 10.3 Å². The summed E-state index contributed by atoms with van der Waals surface area (Å²) in [5.74, 6) is -0.205. The van der Waals surface area contributed by atoms with Gasteiger partial charge in [-0.3, -0.25) is 4.79 Å². The van der Waals surface area contributed by atoms with Crippen molar-refractivity contribution in [2.45, 2.75) is 19.4 Å². The molecule has 0 radical (unpaired) electrons. The summed E-state index contributed by atoms with van der Waals surface area (Å²) in [6.45, 7) is 2.31. The average Bonchev–Trinajstić information content (AvgIpc) is 2.91. The molecule has 0 aliphatic heterocycles. The lowest BCUT2D eigenvalue weighted by atomic mass is 10.1. The van der Waals surface area contributed by atoms with Gasteiger partial charge < -0.3 is 11.1 Å². The lowest BCUT2D eigenvalue weighted by molar-refractivity contribution is 0.0949. The fourth-order valence-corrected chi connectivity index (χ4v) is 2.99. The fraction of sp³-hybridized carbons (Fsp3) is 0.286. The number of nitrogens with zero attached hydrogens (tertiary/aromatic N) is 1. The third-order valence-electron chi connectivity index (χ3n) is 2.84. The molecule has 1 atom stereocenters. The number of carbonyl (C=O) groups excluding carboxylic acids is 1. The normalized spacial score (nSPS) is 12.2. The molecule has 7 heteroatoms. The molecule has 0 aliphatic carbocycles. The number of amides is 1. The van der Waals surface area contributed by atoms with Gasteiger partial charge in [0.2, 0.25) is 0 Å². The molecule has 0 spiro atoms. The van der Waals surface area contributed by atoms with Crippen LogP contribution in [-0.4, -0.2) is 17.4 Å². The van der Waals surface area contributed by atoms with Crippen molar-refractivity contribution in [2.75, 3.05) is 6.54 Å². The van der Waals surface area contributed by atoms with Gasteiger partial charge in [-0.2, -0.15) is 0 Å². The molecular weight excluding hydrogens is 329 g/mol. The highest BCUT2D eigenvalue weighted by atomic mass is 35.5. The summed E-state index contributed by atoms with van der Waals surface area (Å²) in [7, 11) is 0. The van der Waals surface area contributed by atoms with Gasteiger partial charge in [0.25, 0.3) is 5.91 Å². The van der Waals surface area contributed by atoms with E-state index >= 15 is 0 Å². The zero-order valence-electron chi connectivity index (χ0n) is 11.4. The van der Waals surface area contributed by atoms with Crippen LogP contribution in [0.5, 0.6) is 0 Å². The van der Waals surface area contributed by atoms with E-state index in [0.717, 1.165) is 10.6 Å². The Kier molecular flexibility index (Phi) is 5.58. The number of hydrogen-bond donors (Lipinski definition) is 2. The van der Waals surface area contributed by atoms with Gasteiger partial charge in [0.05, 0.1) is 6.04 Å². The maximum Gasteiger partial charge on any atom is 0.270 e. The van der Waals surface area contributed by atoms with Gasteiger partial charge in [0.1, 0.15) is 10.7 Å². The SMILES string of the molecule is CC(N)c1nc(C(=O)NCCc2ccc(Cl)cc2Cl)cs1. The third-order valence-corrected chi connectivity index (χ3v) is 4.47. The van der Waals surface area contributed by atoms with Gasteiger partial charge in [-0.1, -0.05) is 29.3 Å². The highest BCUT2D eigenvalue weighted by Gasteiger charge is 2.12. The molecule has 0 aliphatic rings. The van der Waals surface area contributed by atoms with Crippen LogP contribution in [0.2, 0.25) is 10.0 Å². The number of rotatable bonds is 5. The maximum atomic E-state index is 11.9. The Morgan fingerprint density at radius 1 is 1.48 bits per heavy atom. The van der Waals surface area contributed by atoms with Crippen molar-refractivity contribution in [3.63, 3.8) is 0 Å². The molecule has 1 heterocycles. The van der Waals surface area contributed by atoms with Crippen LogP contribution in [0.15, 0.2) is 23.6 Å². The second-order valence-corrected chi connectivity index (χ2v) is 6.33. The van der Waals surface area contributed by atoms with Gasteiger partial charge in [-0.05, 0) is 31.0 Å². The first-order valence-electron chi connectivity index (χ1n) is 6.40. The molecule has 3 N–H and O–H groups in total. The largest absolute Gasteiger partial charge is 0.350 e. The van der Waals surface area contributed by atoms with Crippen LogP contribution >= 0.6 is 34.5 Å². The van der Waals surface area contributed by atoms with E-state index in [-0.39, 0.29) is 11.9 Å². The quantitative estimate of drug-likeness (QED) is 0.873. The molecule has 1 aromatic carbocycles. The van der Waals surface area contributed by atoms with Crippen LogP contribution in [0.3, 0.4) is 0 Å². The molecule has 4 nitrogen and oxygen atoms in total. The molecule has 2 aromatic rings. The first kappa shape index (κ1) is 16.2. The third kappa shape index (κ3) is 4.41. The molecule has 0 fully saturated rings. The van der Waals surface area contributed by atoms with E-state index in [1.165, 1.54) is 11.3 Å². The highest BCUT2D eigenvalue weighted by molar-refractivity contribution is 7.09. The predicted octanol–water partition coefficient (Wildman–Crippen LogP) is 3.44. The minimum absolute atomic E-state index is 0.163. The first-order valence-corrected chi connectivity index (χ1v) is 8.04. The molecule has 112 valence electrons. The predicted molar refractivity (Wildman–Crippen MR) is 87.2 cm³/mol. The van der Waals surface area contributed by atoms with Gasteiger partial charge in [0, 0.05) is 22.0 Å².